The van der Waals surface area contributed by atoms with Gasteiger partial charge < -0.3 is 14.2 Å². The van der Waals surface area contributed by atoms with Gasteiger partial charge in [0.2, 0.25) is 5.82 Å². The smallest absolute Gasteiger partial charge is 0.201 e. The first-order chi connectivity index (χ1) is 16.1. The van der Waals surface area contributed by atoms with E-state index in [1.165, 1.54) is 25.3 Å². The minimum absolute atomic E-state index is 0.0653. The van der Waals surface area contributed by atoms with E-state index in [0.717, 1.165) is 31.6 Å². The largest absolute Gasteiger partial charge is 0.493 e. The quantitative estimate of drug-likeness (QED) is 0.393. The van der Waals surface area contributed by atoms with Gasteiger partial charge in [-0.15, -0.1) is 6.58 Å². The molecule has 4 rings (SSSR count). The Morgan fingerprint density at radius 1 is 0.939 bits per heavy atom. The van der Waals surface area contributed by atoms with Crippen LogP contribution in [0.5, 0.6) is 11.5 Å². The van der Waals surface area contributed by atoms with Gasteiger partial charge in [0.05, 0.1) is 25.9 Å². The number of hydrogen-bond acceptors (Lipinski definition) is 3. The van der Waals surface area contributed by atoms with E-state index in [1.54, 1.807) is 25.1 Å². The van der Waals surface area contributed by atoms with Crippen molar-refractivity contribution < 1.29 is 23.0 Å². The molecule has 2 unspecified atom stereocenters. The second-order valence-electron chi connectivity index (χ2n) is 9.23. The van der Waals surface area contributed by atoms with Crippen LogP contribution in [0.25, 0.3) is 11.1 Å². The molecule has 2 aliphatic rings. The summed E-state index contributed by atoms with van der Waals surface area (Å²) in [5.41, 5.74) is 0.818. The summed E-state index contributed by atoms with van der Waals surface area (Å²) in [7, 11) is 0. The monoisotopic (exact) mass is 456 g/mol. The van der Waals surface area contributed by atoms with E-state index in [1.807, 2.05) is 18.2 Å². The van der Waals surface area contributed by atoms with Crippen LogP contribution in [0, 0.1) is 29.4 Å². The van der Waals surface area contributed by atoms with Crippen molar-refractivity contribution in [1.82, 2.24) is 0 Å². The highest BCUT2D eigenvalue weighted by molar-refractivity contribution is 5.66. The van der Waals surface area contributed by atoms with Gasteiger partial charge in [-0.1, -0.05) is 18.2 Å². The van der Waals surface area contributed by atoms with Gasteiger partial charge in [0.25, 0.3) is 0 Å². The molecule has 2 atom stereocenters. The first-order valence-electron chi connectivity index (χ1n) is 12.2. The van der Waals surface area contributed by atoms with Crippen molar-refractivity contribution in [2.24, 2.45) is 17.8 Å². The van der Waals surface area contributed by atoms with Gasteiger partial charge in [-0.25, -0.2) is 4.39 Å². The van der Waals surface area contributed by atoms with E-state index in [2.05, 4.69) is 6.58 Å². The first-order valence-corrected chi connectivity index (χ1v) is 12.2. The second-order valence-corrected chi connectivity index (χ2v) is 9.23. The molecule has 1 saturated heterocycles. The highest BCUT2D eigenvalue weighted by Gasteiger charge is 2.31. The number of benzene rings is 2. The molecule has 33 heavy (non-hydrogen) atoms. The predicted octanol–water partition coefficient (Wildman–Crippen LogP) is 7.20. The molecule has 2 fully saturated rings. The Labute approximate surface area is 195 Å². The van der Waals surface area contributed by atoms with Crippen LogP contribution < -0.4 is 9.47 Å². The van der Waals surface area contributed by atoms with Gasteiger partial charge in [-0.05, 0) is 87.1 Å². The molecule has 1 aliphatic carbocycles. The highest BCUT2D eigenvalue weighted by Crippen LogP contribution is 2.36. The summed E-state index contributed by atoms with van der Waals surface area (Å²) in [4.78, 5) is 0. The summed E-state index contributed by atoms with van der Waals surface area (Å²) >= 11 is 0. The Morgan fingerprint density at radius 3 is 2.33 bits per heavy atom. The Hall–Kier alpha value is -2.40. The number of ether oxygens (including phenoxy) is 3. The lowest BCUT2D eigenvalue weighted by atomic mass is 9.77. The zero-order valence-electron chi connectivity index (χ0n) is 19.4. The van der Waals surface area contributed by atoms with Crippen molar-refractivity contribution in [1.29, 1.82) is 0 Å². The van der Waals surface area contributed by atoms with Gasteiger partial charge in [0.15, 0.2) is 11.6 Å². The molecule has 2 aromatic rings. The zero-order valence-corrected chi connectivity index (χ0v) is 19.4. The molecule has 3 nitrogen and oxygen atoms in total. The maximum Gasteiger partial charge on any atom is 0.201 e. The Balaban J connectivity index is 1.26. The third kappa shape index (κ3) is 5.75. The van der Waals surface area contributed by atoms with Gasteiger partial charge in [-0.3, -0.25) is 0 Å². The van der Waals surface area contributed by atoms with E-state index in [-0.39, 0.29) is 17.9 Å². The van der Waals surface area contributed by atoms with Crippen LogP contribution in [0.1, 0.15) is 45.4 Å². The SMILES string of the molecule is C=CC1CCC(C2CCC(COc3ccc(-c4ccc(OCC)c(F)c4F)cc3)CC2)OC1. The van der Waals surface area contributed by atoms with Gasteiger partial charge in [-0.2, -0.15) is 4.39 Å². The number of halogens is 2. The van der Waals surface area contributed by atoms with E-state index < -0.39 is 11.6 Å². The molecule has 0 spiro atoms. The molecule has 0 N–H and O–H groups in total. The van der Waals surface area contributed by atoms with Crippen LogP contribution in [0.15, 0.2) is 49.1 Å². The molecule has 1 heterocycles. The molecule has 0 bridgehead atoms. The van der Waals surface area contributed by atoms with Crippen molar-refractivity contribution in [2.45, 2.75) is 51.6 Å². The zero-order chi connectivity index (χ0) is 23.2. The number of rotatable bonds is 8. The molecule has 0 aromatic heterocycles. The topological polar surface area (TPSA) is 27.7 Å². The van der Waals surface area contributed by atoms with Gasteiger partial charge in [0, 0.05) is 11.5 Å². The third-order valence-corrected chi connectivity index (χ3v) is 7.09. The standard InChI is InChI=1S/C28H34F2O3/c1-3-19-7-15-25(33-17-19)22-8-5-20(6-9-22)18-32-23-12-10-21(11-13-23)24-14-16-26(31-4-2)28(30)27(24)29/h3,10-14,16,19-20,22,25H,1,4-9,15,17-18H2,2H3. The van der Waals surface area contributed by atoms with Crippen LogP contribution in [0.3, 0.4) is 0 Å². The average molecular weight is 457 g/mol. The van der Waals surface area contributed by atoms with Crippen molar-refractivity contribution in [3.8, 4) is 22.6 Å². The van der Waals surface area contributed by atoms with Crippen LogP contribution in [0.2, 0.25) is 0 Å². The summed E-state index contributed by atoms with van der Waals surface area (Å²) in [5.74, 6) is 0.557. The summed E-state index contributed by atoms with van der Waals surface area (Å²) in [5, 5.41) is 0. The fraction of sp³-hybridized carbons (Fsp3) is 0.500. The summed E-state index contributed by atoms with van der Waals surface area (Å²) in [6.45, 7) is 7.41. The molecule has 0 radical (unpaired) electrons. The van der Waals surface area contributed by atoms with E-state index >= 15 is 0 Å². The lowest BCUT2D eigenvalue weighted by Gasteiger charge is -2.37. The van der Waals surface area contributed by atoms with Crippen molar-refractivity contribution in [3.63, 3.8) is 0 Å². The number of hydrogen-bond donors (Lipinski definition) is 0. The maximum atomic E-state index is 14.5. The van der Waals surface area contributed by atoms with Crippen molar-refractivity contribution in [2.75, 3.05) is 19.8 Å². The van der Waals surface area contributed by atoms with Crippen LogP contribution in [0.4, 0.5) is 8.78 Å². The van der Waals surface area contributed by atoms with Crippen LogP contribution >= 0.6 is 0 Å². The minimum atomic E-state index is -0.954. The van der Waals surface area contributed by atoms with Crippen molar-refractivity contribution >= 4 is 0 Å². The minimum Gasteiger partial charge on any atom is -0.493 e. The normalized spacial score (nSPS) is 25.4. The lowest BCUT2D eigenvalue weighted by molar-refractivity contribution is -0.0503. The maximum absolute atomic E-state index is 14.5. The fourth-order valence-corrected chi connectivity index (χ4v) is 5.04. The lowest BCUT2D eigenvalue weighted by Crippen LogP contribution is -2.34. The van der Waals surface area contributed by atoms with Crippen LogP contribution in [-0.2, 0) is 4.74 Å². The van der Waals surface area contributed by atoms with Crippen LogP contribution in [-0.4, -0.2) is 25.9 Å². The molecular formula is C28H34F2O3. The molecule has 5 heteroatoms. The predicted molar refractivity (Wildman–Crippen MR) is 127 cm³/mol. The Morgan fingerprint density at radius 2 is 1.70 bits per heavy atom. The van der Waals surface area contributed by atoms with Crippen molar-refractivity contribution in [3.05, 3.63) is 60.7 Å². The summed E-state index contributed by atoms with van der Waals surface area (Å²) in [6, 6.07) is 10.2. The van der Waals surface area contributed by atoms with E-state index in [0.29, 0.717) is 36.0 Å². The third-order valence-electron chi connectivity index (χ3n) is 7.09. The molecular weight excluding hydrogens is 422 g/mol. The summed E-state index contributed by atoms with van der Waals surface area (Å²) < 4.78 is 45.9. The molecule has 1 saturated carbocycles. The van der Waals surface area contributed by atoms with E-state index in [9.17, 15) is 8.78 Å². The Bertz CT molecular complexity index is 911. The fourth-order valence-electron chi connectivity index (χ4n) is 5.04. The summed E-state index contributed by atoms with van der Waals surface area (Å²) in [6.07, 6.45) is 9.47. The first kappa shape index (κ1) is 23.7. The molecule has 178 valence electrons. The van der Waals surface area contributed by atoms with Gasteiger partial charge >= 0.3 is 0 Å². The second kappa shape index (κ2) is 11.1. The Kier molecular flexibility index (Phi) is 8.02. The van der Waals surface area contributed by atoms with E-state index in [4.69, 9.17) is 14.2 Å². The highest BCUT2D eigenvalue weighted by atomic mass is 19.2. The van der Waals surface area contributed by atoms with Gasteiger partial charge in [0.1, 0.15) is 5.75 Å². The molecule has 1 aliphatic heterocycles. The molecule has 2 aromatic carbocycles. The molecule has 0 amide bonds. The average Bonchev–Trinajstić information content (AvgIpc) is 2.87.